The lowest BCUT2D eigenvalue weighted by atomic mass is 10.1. The number of hydrogen-bond donors (Lipinski definition) is 1. The Balaban J connectivity index is 3.73. The Labute approximate surface area is 122 Å². The van der Waals surface area contributed by atoms with Gasteiger partial charge >= 0.3 is 5.97 Å². The van der Waals surface area contributed by atoms with Crippen molar-refractivity contribution in [3.05, 3.63) is 0 Å². The highest BCUT2D eigenvalue weighted by molar-refractivity contribution is 7.87. The van der Waals surface area contributed by atoms with E-state index < -0.39 is 21.3 Å². The molecule has 0 bridgehead atoms. The van der Waals surface area contributed by atoms with Crippen LogP contribution in [-0.2, 0) is 19.6 Å². The van der Waals surface area contributed by atoms with Gasteiger partial charge in [0, 0.05) is 0 Å². The lowest BCUT2D eigenvalue weighted by molar-refractivity contribution is -0.140. The summed E-state index contributed by atoms with van der Waals surface area (Å²) in [5.74, 6) is -0.882. The van der Waals surface area contributed by atoms with Gasteiger partial charge in [-0.25, -0.2) is 0 Å². The van der Waals surface area contributed by atoms with Crippen LogP contribution in [0, 0.1) is 0 Å². The molecule has 0 heterocycles. The highest BCUT2D eigenvalue weighted by atomic mass is 32.2. The quantitative estimate of drug-likeness (QED) is 0.340. The van der Waals surface area contributed by atoms with Gasteiger partial charge in [-0.3, -0.25) is 9.35 Å². The van der Waals surface area contributed by atoms with Crippen LogP contribution in [0.4, 0.5) is 0 Å². The standard InChI is InChI=1S/C14H28O5S/c1-3-4-5-6-7-8-9-10-11-12-13(14(15)19-2)20(16,17)18/h13H,3-12H2,1-2H3,(H,16,17,18). The zero-order valence-electron chi connectivity index (χ0n) is 12.6. The lowest BCUT2D eigenvalue weighted by Crippen LogP contribution is -2.30. The zero-order chi connectivity index (χ0) is 15.4. The molecule has 6 heteroatoms. The van der Waals surface area contributed by atoms with Crippen LogP contribution in [0.5, 0.6) is 0 Å². The maximum atomic E-state index is 11.3. The molecule has 0 aromatic carbocycles. The number of hydrogen-bond acceptors (Lipinski definition) is 4. The summed E-state index contributed by atoms with van der Waals surface area (Å²) in [7, 11) is -3.24. The van der Waals surface area contributed by atoms with Crippen molar-refractivity contribution in [2.75, 3.05) is 7.11 Å². The molecule has 1 N–H and O–H groups in total. The molecule has 0 amide bonds. The van der Waals surface area contributed by atoms with Crippen molar-refractivity contribution in [3.63, 3.8) is 0 Å². The molecule has 0 aromatic heterocycles. The molecular formula is C14H28O5S. The van der Waals surface area contributed by atoms with Crippen LogP contribution in [0.1, 0.15) is 71.1 Å². The molecule has 0 aliphatic heterocycles. The average Bonchev–Trinajstić information content (AvgIpc) is 2.39. The number of carbonyl (C=O) groups is 1. The summed E-state index contributed by atoms with van der Waals surface area (Å²) in [4.78, 5) is 11.3. The Bertz CT molecular complexity index is 351. The monoisotopic (exact) mass is 308 g/mol. The average molecular weight is 308 g/mol. The molecule has 0 fully saturated rings. The van der Waals surface area contributed by atoms with Gasteiger partial charge in [-0.05, 0) is 6.42 Å². The van der Waals surface area contributed by atoms with Crippen molar-refractivity contribution in [1.29, 1.82) is 0 Å². The van der Waals surface area contributed by atoms with Gasteiger partial charge in [-0.2, -0.15) is 8.42 Å². The minimum absolute atomic E-state index is 0.126. The fourth-order valence-corrected chi connectivity index (χ4v) is 2.96. The molecule has 120 valence electrons. The number of carbonyl (C=O) groups excluding carboxylic acids is 1. The topological polar surface area (TPSA) is 80.7 Å². The largest absolute Gasteiger partial charge is 0.468 e. The van der Waals surface area contributed by atoms with Crippen molar-refractivity contribution in [1.82, 2.24) is 0 Å². The third-order valence-electron chi connectivity index (χ3n) is 3.39. The highest BCUT2D eigenvalue weighted by Gasteiger charge is 2.31. The number of methoxy groups -OCH3 is 1. The fourth-order valence-electron chi connectivity index (χ4n) is 2.16. The summed E-state index contributed by atoms with van der Waals surface area (Å²) in [6, 6.07) is 0. The molecule has 1 unspecified atom stereocenters. The Morgan fingerprint density at radius 2 is 1.45 bits per heavy atom. The van der Waals surface area contributed by atoms with Gasteiger partial charge in [0.15, 0.2) is 5.25 Å². The van der Waals surface area contributed by atoms with E-state index in [4.69, 9.17) is 4.55 Å². The summed E-state index contributed by atoms with van der Waals surface area (Å²) in [6.45, 7) is 2.19. The van der Waals surface area contributed by atoms with Crippen LogP contribution < -0.4 is 0 Å². The van der Waals surface area contributed by atoms with E-state index in [9.17, 15) is 13.2 Å². The molecule has 5 nitrogen and oxygen atoms in total. The highest BCUT2D eigenvalue weighted by Crippen LogP contribution is 2.14. The van der Waals surface area contributed by atoms with Crippen molar-refractivity contribution in [2.45, 2.75) is 76.4 Å². The number of ether oxygens (including phenoxy) is 1. The van der Waals surface area contributed by atoms with Crippen LogP contribution in [0.25, 0.3) is 0 Å². The molecule has 0 aromatic rings. The Morgan fingerprint density at radius 3 is 1.85 bits per heavy atom. The van der Waals surface area contributed by atoms with Gasteiger partial charge in [0.05, 0.1) is 7.11 Å². The van der Waals surface area contributed by atoms with Gasteiger partial charge in [0.2, 0.25) is 0 Å². The molecule has 0 aliphatic carbocycles. The van der Waals surface area contributed by atoms with E-state index in [-0.39, 0.29) is 6.42 Å². The third-order valence-corrected chi connectivity index (χ3v) is 4.54. The second-order valence-electron chi connectivity index (χ2n) is 5.14. The molecule has 20 heavy (non-hydrogen) atoms. The van der Waals surface area contributed by atoms with E-state index in [1.807, 2.05) is 0 Å². The minimum atomic E-state index is -4.36. The minimum Gasteiger partial charge on any atom is -0.468 e. The Hall–Kier alpha value is -0.620. The van der Waals surface area contributed by atoms with E-state index in [1.54, 1.807) is 0 Å². The fraction of sp³-hybridized carbons (Fsp3) is 0.929. The summed E-state index contributed by atoms with van der Waals surface area (Å²) < 4.78 is 35.5. The summed E-state index contributed by atoms with van der Waals surface area (Å²) >= 11 is 0. The number of rotatable bonds is 12. The predicted octanol–water partition coefficient (Wildman–Crippen LogP) is 3.34. The van der Waals surface area contributed by atoms with Gasteiger partial charge in [-0.1, -0.05) is 64.7 Å². The number of unbranched alkanes of at least 4 members (excludes halogenated alkanes) is 8. The normalized spacial score (nSPS) is 13.2. The van der Waals surface area contributed by atoms with Gasteiger partial charge in [0.25, 0.3) is 10.1 Å². The SMILES string of the molecule is CCCCCCCCCCCC(C(=O)OC)S(=O)(=O)O. The molecule has 1 atom stereocenters. The lowest BCUT2D eigenvalue weighted by Gasteiger charge is -2.11. The first-order valence-electron chi connectivity index (χ1n) is 7.47. The molecule has 0 saturated carbocycles. The number of esters is 1. The van der Waals surface area contributed by atoms with Crippen LogP contribution in [0.3, 0.4) is 0 Å². The summed E-state index contributed by atoms with van der Waals surface area (Å²) in [6.07, 6.45) is 10.0. The van der Waals surface area contributed by atoms with Crippen molar-refractivity contribution in [2.24, 2.45) is 0 Å². The van der Waals surface area contributed by atoms with Crippen molar-refractivity contribution < 1.29 is 22.5 Å². The van der Waals surface area contributed by atoms with E-state index in [0.717, 1.165) is 26.4 Å². The first-order chi connectivity index (χ1) is 9.43. The van der Waals surface area contributed by atoms with Crippen molar-refractivity contribution >= 4 is 16.1 Å². The molecule has 0 spiro atoms. The van der Waals surface area contributed by atoms with Crippen LogP contribution in [-0.4, -0.2) is 31.3 Å². The first kappa shape index (κ1) is 19.4. The first-order valence-corrected chi connectivity index (χ1v) is 8.98. The van der Waals surface area contributed by atoms with Gasteiger partial charge < -0.3 is 4.74 Å². The third kappa shape index (κ3) is 9.31. The molecule has 0 radical (unpaired) electrons. The molecule has 0 aliphatic rings. The Morgan fingerprint density at radius 1 is 1.00 bits per heavy atom. The smallest absolute Gasteiger partial charge is 0.326 e. The second-order valence-corrected chi connectivity index (χ2v) is 6.74. The molecular weight excluding hydrogens is 280 g/mol. The Kier molecular flexibility index (Phi) is 10.7. The second kappa shape index (κ2) is 11.1. The van der Waals surface area contributed by atoms with E-state index >= 15 is 0 Å². The predicted molar refractivity (Wildman–Crippen MR) is 79.2 cm³/mol. The molecule has 0 rings (SSSR count). The maximum absolute atomic E-state index is 11.3. The van der Waals surface area contributed by atoms with Crippen LogP contribution >= 0.6 is 0 Å². The molecule has 0 saturated heterocycles. The van der Waals surface area contributed by atoms with E-state index in [1.165, 1.54) is 32.1 Å². The van der Waals surface area contributed by atoms with Gasteiger partial charge in [0.1, 0.15) is 0 Å². The van der Waals surface area contributed by atoms with Gasteiger partial charge in [-0.15, -0.1) is 0 Å². The van der Waals surface area contributed by atoms with Crippen LogP contribution in [0.15, 0.2) is 0 Å². The maximum Gasteiger partial charge on any atom is 0.326 e. The van der Waals surface area contributed by atoms with Crippen molar-refractivity contribution in [3.8, 4) is 0 Å². The zero-order valence-corrected chi connectivity index (χ0v) is 13.5. The van der Waals surface area contributed by atoms with Crippen LogP contribution in [0.2, 0.25) is 0 Å². The van der Waals surface area contributed by atoms with E-state index in [2.05, 4.69) is 11.7 Å². The van der Waals surface area contributed by atoms with E-state index in [0.29, 0.717) is 6.42 Å². The summed E-state index contributed by atoms with van der Waals surface area (Å²) in [5, 5.41) is -1.43. The summed E-state index contributed by atoms with van der Waals surface area (Å²) in [5.41, 5.74) is 0.